The first-order valence-corrected chi connectivity index (χ1v) is 7.41. The summed E-state index contributed by atoms with van der Waals surface area (Å²) in [7, 11) is 0. The third-order valence-corrected chi connectivity index (χ3v) is 4.22. The van der Waals surface area contributed by atoms with Gasteiger partial charge < -0.3 is 11.1 Å². The van der Waals surface area contributed by atoms with Crippen molar-refractivity contribution < 1.29 is 0 Å². The molecule has 4 nitrogen and oxygen atoms in total. The Morgan fingerprint density at radius 3 is 2.74 bits per heavy atom. The highest BCUT2D eigenvalue weighted by Crippen LogP contribution is 2.31. The average molecular weight is 278 g/mol. The van der Waals surface area contributed by atoms with E-state index in [1.165, 1.54) is 4.88 Å². The number of hydrogen-bond donors (Lipinski definition) is 2. The number of nitrogens with two attached hydrogens (primary N) is 1. The second-order valence-corrected chi connectivity index (χ2v) is 7.17. The van der Waals surface area contributed by atoms with Gasteiger partial charge >= 0.3 is 0 Å². The molecule has 2 rings (SSSR count). The number of aryl methyl sites for hydroxylation is 1. The molecule has 0 aliphatic heterocycles. The van der Waals surface area contributed by atoms with E-state index in [1.54, 1.807) is 17.7 Å². The summed E-state index contributed by atoms with van der Waals surface area (Å²) in [6.45, 7) is 9.43. The lowest BCUT2D eigenvalue weighted by Gasteiger charge is -2.31. The van der Waals surface area contributed by atoms with Crippen molar-refractivity contribution in [3.05, 3.63) is 17.3 Å². The molecule has 2 heterocycles. The number of nitrogens with one attached hydrogen (secondary N) is 1. The van der Waals surface area contributed by atoms with Gasteiger partial charge in [0, 0.05) is 10.9 Å². The van der Waals surface area contributed by atoms with Gasteiger partial charge in [-0.2, -0.15) is 0 Å². The summed E-state index contributed by atoms with van der Waals surface area (Å²) >= 11 is 1.70. The third-order valence-electron chi connectivity index (χ3n) is 3.26. The highest BCUT2D eigenvalue weighted by atomic mass is 32.1. The van der Waals surface area contributed by atoms with Gasteiger partial charge in [0.2, 0.25) is 0 Å². The van der Waals surface area contributed by atoms with Gasteiger partial charge in [-0.3, -0.25) is 0 Å². The van der Waals surface area contributed by atoms with E-state index in [1.807, 2.05) is 0 Å². The maximum atomic E-state index is 5.73. The standard InChI is InChI=1S/C14H22N4S/c1-9-7-10-12(16-8-17-13(10)19-9)18-11(5-6-15)14(2,3)4/h7-8,11H,5-6,15H2,1-4H3,(H,16,17,18). The summed E-state index contributed by atoms with van der Waals surface area (Å²) in [6, 6.07) is 2.45. The molecule has 0 bridgehead atoms. The van der Waals surface area contributed by atoms with Crippen LogP contribution >= 0.6 is 11.3 Å². The number of hydrogen-bond acceptors (Lipinski definition) is 5. The van der Waals surface area contributed by atoms with E-state index < -0.39 is 0 Å². The molecule has 1 unspecified atom stereocenters. The molecule has 19 heavy (non-hydrogen) atoms. The molecular formula is C14H22N4S. The van der Waals surface area contributed by atoms with Gasteiger partial charge in [0.25, 0.3) is 0 Å². The Balaban J connectivity index is 2.33. The fourth-order valence-electron chi connectivity index (χ4n) is 2.14. The Kier molecular flexibility index (Phi) is 4.06. The number of nitrogens with zero attached hydrogens (tertiary/aromatic N) is 2. The fourth-order valence-corrected chi connectivity index (χ4v) is 2.99. The molecule has 0 saturated carbocycles. The molecule has 104 valence electrons. The molecule has 0 aromatic carbocycles. The normalized spacial score (nSPS) is 13.7. The highest BCUT2D eigenvalue weighted by molar-refractivity contribution is 7.18. The lowest BCUT2D eigenvalue weighted by molar-refractivity contribution is 0.328. The molecule has 0 saturated heterocycles. The van der Waals surface area contributed by atoms with E-state index in [4.69, 9.17) is 5.73 Å². The monoisotopic (exact) mass is 278 g/mol. The molecule has 3 N–H and O–H groups in total. The summed E-state index contributed by atoms with van der Waals surface area (Å²) in [4.78, 5) is 11.0. The summed E-state index contributed by atoms with van der Waals surface area (Å²) in [5, 5.41) is 4.66. The van der Waals surface area contributed by atoms with Crippen molar-refractivity contribution in [2.75, 3.05) is 11.9 Å². The minimum absolute atomic E-state index is 0.141. The van der Waals surface area contributed by atoms with Crippen molar-refractivity contribution in [1.29, 1.82) is 0 Å². The van der Waals surface area contributed by atoms with E-state index >= 15 is 0 Å². The van der Waals surface area contributed by atoms with Gasteiger partial charge in [0.15, 0.2) is 0 Å². The quantitative estimate of drug-likeness (QED) is 0.901. The van der Waals surface area contributed by atoms with Gasteiger partial charge in [0.05, 0.1) is 5.39 Å². The van der Waals surface area contributed by atoms with Crippen LogP contribution in [0.2, 0.25) is 0 Å². The van der Waals surface area contributed by atoms with Crippen molar-refractivity contribution in [2.45, 2.75) is 40.2 Å². The highest BCUT2D eigenvalue weighted by Gasteiger charge is 2.24. The number of fused-ring (bicyclic) bond motifs is 1. The van der Waals surface area contributed by atoms with Crippen LogP contribution in [0.1, 0.15) is 32.1 Å². The second kappa shape index (κ2) is 5.43. The van der Waals surface area contributed by atoms with Crippen molar-refractivity contribution in [3.63, 3.8) is 0 Å². The number of aromatic nitrogens is 2. The van der Waals surface area contributed by atoms with Crippen LogP contribution in [-0.4, -0.2) is 22.6 Å². The number of anilines is 1. The second-order valence-electron chi connectivity index (χ2n) is 5.94. The van der Waals surface area contributed by atoms with E-state index in [-0.39, 0.29) is 5.41 Å². The predicted molar refractivity (Wildman–Crippen MR) is 82.7 cm³/mol. The topological polar surface area (TPSA) is 63.8 Å². The maximum Gasteiger partial charge on any atom is 0.138 e. The predicted octanol–water partition coefficient (Wildman–Crippen LogP) is 3.18. The molecule has 1 atom stereocenters. The molecular weight excluding hydrogens is 256 g/mol. The minimum atomic E-state index is 0.141. The van der Waals surface area contributed by atoms with Gasteiger partial charge in [-0.15, -0.1) is 11.3 Å². The molecule has 2 aromatic heterocycles. The molecule has 0 fully saturated rings. The molecule has 0 radical (unpaired) electrons. The van der Waals surface area contributed by atoms with Crippen LogP contribution in [0.25, 0.3) is 10.2 Å². The van der Waals surface area contributed by atoms with E-state index in [9.17, 15) is 0 Å². The van der Waals surface area contributed by atoms with Crippen LogP contribution in [0.5, 0.6) is 0 Å². The van der Waals surface area contributed by atoms with Crippen LogP contribution < -0.4 is 11.1 Å². The molecule has 0 spiro atoms. The van der Waals surface area contributed by atoms with E-state index in [0.29, 0.717) is 12.6 Å². The first kappa shape index (κ1) is 14.2. The largest absolute Gasteiger partial charge is 0.366 e. The lowest BCUT2D eigenvalue weighted by Crippen LogP contribution is -2.36. The van der Waals surface area contributed by atoms with Crippen molar-refractivity contribution in [3.8, 4) is 0 Å². The van der Waals surface area contributed by atoms with Crippen molar-refractivity contribution in [2.24, 2.45) is 11.1 Å². The van der Waals surface area contributed by atoms with Crippen LogP contribution in [0, 0.1) is 12.3 Å². The SMILES string of the molecule is Cc1cc2c(NC(CCN)C(C)(C)C)ncnc2s1. The zero-order valence-corrected chi connectivity index (χ0v) is 12.8. The first-order valence-electron chi connectivity index (χ1n) is 6.59. The zero-order chi connectivity index (χ0) is 14.0. The first-order chi connectivity index (χ1) is 8.91. The minimum Gasteiger partial charge on any atom is -0.366 e. The zero-order valence-electron chi connectivity index (χ0n) is 12.0. The fraction of sp³-hybridized carbons (Fsp3) is 0.571. The Morgan fingerprint density at radius 2 is 2.11 bits per heavy atom. The van der Waals surface area contributed by atoms with Crippen LogP contribution in [0.3, 0.4) is 0 Å². The molecule has 0 amide bonds. The summed E-state index contributed by atoms with van der Waals surface area (Å²) < 4.78 is 0. The summed E-state index contributed by atoms with van der Waals surface area (Å²) in [5.74, 6) is 0.919. The Morgan fingerprint density at radius 1 is 1.37 bits per heavy atom. The van der Waals surface area contributed by atoms with Crippen LogP contribution in [-0.2, 0) is 0 Å². The number of thiophene rings is 1. The Bertz CT molecular complexity index is 556. The Hall–Kier alpha value is -1.20. The van der Waals surface area contributed by atoms with Gasteiger partial charge in [-0.25, -0.2) is 9.97 Å². The summed E-state index contributed by atoms with van der Waals surface area (Å²) in [5.41, 5.74) is 5.87. The van der Waals surface area contributed by atoms with Gasteiger partial charge in [0.1, 0.15) is 17.0 Å². The summed E-state index contributed by atoms with van der Waals surface area (Å²) in [6.07, 6.45) is 2.56. The van der Waals surface area contributed by atoms with Crippen LogP contribution in [0.15, 0.2) is 12.4 Å². The lowest BCUT2D eigenvalue weighted by atomic mass is 9.84. The Labute approximate surface area is 118 Å². The van der Waals surface area contributed by atoms with E-state index in [0.717, 1.165) is 22.5 Å². The van der Waals surface area contributed by atoms with Crippen LogP contribution in [0.4, 0.5) is 5.82 Å². The molecule has 5 heteroatoms. The van der Waals surface area contributed by atoms with Crippen molar-refractivity contribution >= 4 is 27.4 Å². The maximum absolute atomic E-state index is 5.73. The van der Waals surface area contributed by atoms with Gasteiger partial charge in [-0.1, -0.05) is 20.8 Å². The number of rotatable bonds is 4. The smallest absolute Gasteiger partial charge is 0.138 e. The third kappa shape index (κ3) is 3.22. The molecule has 0 aliphatic rings. The molecule has 0 aliphatic carbocycles. The van der Waals surface area contributed by atoms with Crippen molar-refractivity contribution in [1.82, 2.24) is 9.97 Å². The average Bonchev–Trinajstić information content (AvgIpc) is 2.68. The molecule has 2 aromatic rings. The van der Waals surface area contributed by atoms with Gasteiger partial charge in [-0.05, 0) is 31.4 Å². The van der Waals surface area contributed by atoms with E-state index in [2.05, 4.69) is 49.0 Å².